The number of rotatable bonds is 2. The van der Waals surface area contributed by atoms with Gasteiger partial charge in [-0.3, -0.25) is 0 Å². The monoisotopic (exact) mass is 386 g/mol. The van der Waals surface area contributed by atoms with E-state index in [4.69, 9.17) is 15.2 Å². The van der Waals surface area contributed by atoms with Crippen LogP contribution in [0.25, 0.3) is 11.1 Å². The number of nitrogen functional groups attached to an aromatic ring is 1. The summed E-state index contributed by atoms with van der Waals surface area (Å²) in [5, 5.41) is 0. The first-order valence-electron chi connectivity index (χ1n) is 9.82. The van der Waals surface area contributed by atoms with E-state index in [1.54, 1.807) is 4.90 Å². The fourth-order valence-electron chi connectivity index (χ4n) is 4.26. The van der Waals surface area contributed by atoms with Crippen LogP contribution < -0.4 is 10.5 Å². The Morgan fingerprint density at radius 2 is 1.69 bits per heavy atom. The first-order chi connectivity index (χ1) is 14.2. The lowest BCUT2D eigenvalue weighted by molar-refractivity contribution is 0.0948. The van der Waals surface area contributed by atoms with Crippen molar-refractivity contribution in [2.75, 3.05) is 25.5 Å². The molecule has 1 amide bonds. The first-order valence-corrected chi connectivity index (χ1v) is 9.82. The van der Waals surface area contributed by atoms with Gasteiger partial charge in [-0.25, -0.2) is 4.79 Å². The van der Waals surface area contributed by atoms with Crippen molar-refractivity contribution in [3.63, 3.8) is 0 Å². The number of nitrogens with zero attached hydrogens (tertiary/aromatic N) is 1. The molecule has 29 heavy (non-hydrogen) atoms. The van der Waals surface area contributed by atoms with Crippen LogP contribution in [-0.2, 0) is 11.3 Å². The van der Waals surface area contributed by atoms with E-state index >= 15 is 0 Å². The van der Waals surface area contributed by atoms with Gasteiger partial charge in [-0.05, 0) is 34.4 Å². The normalized spacial score (nSPS) is 15.0. The van der Waals surface area contributed by atoms with Crippen molar-refractivity contribution >= 4 is 11.8 Å². The summed E-state index contributed by atoms with van der Waals surface area (Å²) in [7, 11) is 0. The van der Waals surface area contributed by atoms with Crippen LogP contribution in [0.3, 0.4) is 0 Å². The molecule has 2 N–H and O–H groups in total. The maximum Gasteiger partial charge on any atom is 0.410 e. The number of carbonyl (C=O) groups is 1. The zero-order valence-corrected chi connectivity index (χ0v) is 16.0. The number of nitrogens with two attached hydrogens (primary N) is 1. The highest BCUT2D eigenvalue weighted by atomic mass is 16.6. The molecule has 0 radical (unpaired) electrons. The Bertz CT molecular complexity index is 1030. The summed E-state index contributed by atoms with van der Waals surface area (Å²) in [6.07, 6.45) is -0.341. The van der Waals surface area contributed by atoms with E-state index in [1.807, 2.05) is 42.5 Å². The zero-order valence-electron chi connectivity index (χ0n) is 16.0. The van der Waals surface area contributed by atoms with Gasteiger partial charge >= 0.3 is 6.09 Å². The van der Waals surface area contributed by atoms with Gasteiger partial charge in [0, 0.05) is 17.2 Å². The molecule has 3 aromatic rings. The molecule has 0 saturated heterocycles. The Kier molecular flexibility index (Phi) is 4.35. The summed E-state index contributed by atoms with van der Waals surface area (Å²) < 4.78 is 11.5. The van der Waals surface area contributed by atoms with Crippen LogP contribution >= 0.6 is 0 Å². The molecule has 1 aliphatic carbocycles. The first kappa shape index (κ1) is 17.6. The third-order valence-electron chi connectivity index (χ3n) is 5.73. The van der Waals surface area contributed by atoms with Gasteiger partial charge in [-0.2, -0.15) is 0 Å². The van der Waals surface area contributed by atoms with Crippen LogP contribution in [0.5, 0.6) is 5.75 Å². The largest absolute Gasteiger partial charge is 0.491 e. The van der Waals surface area contributed by atoms with Gasteiger partial charge in [0.2, 0.25) is 0 Å². The van der Waals surface area contributed by atoms with Crippen molar-refractivity contribution in [3.05, 3.63) is 83.4 Å². The molecule has 3 aromatic carbocycles. The Labute approximate surface area is 169 Å². The molecule has 0 spiro atoms. The van der Waals surface area contributed by atoms with Crippen LogP contribution in [-0.4, -0.2) is 30.8 Å². The summed E-state index contributed by atoms with van der Waals surface area (Å²) in [6, 6.07) is 22.2. The summed E-state index contributed by atoms with van der Waals surface area (Å²) in [6.45, 7) is 1.57. The molecule has 0 aromatic heterocycles. The minimum Gasteiger partial charge on any atom is -0.491 e. The number of anilines is 1. The van der Waals surface area contributed by atoms with Gasteiger partial charge in [0.05, 0.1) is 13.1 Å². The van der Waals surface area contributed by atoms with Gasteiger partial charge in [-0.15, -0.1) is 0 Å². The number of amides is 1. The summed E-state index contributed by atoms with van der Waals surface area (Å²) in [5.41, 5.74) is 12.4. The molecular formula is C24H22N2O3. The molecule has 146 valence electrons. The molecular weight excluding hydrogens is 364 g/mol. The van der Waals surface area contributed by atoms with Crippen LogP contribution in [0, 0.1) is 0 Å². The molecule has 0 bridgehead atoms. The number of benzene rings is 3. The van der Waals surface area contributed by atoms with E-state index in [1.165, 1.54) is 22.3 Å². The average molecular weight is 386 g/mol. The standard InChI is InChI=1S/C24H22N2O3/c25-22-10-5-11-23-20(22)14-26(12-13-28-23)24(27)29-15-21-18-8-3-1-6-16(18)17-7-2-4-9-19(17)21/h1-11,21H,12-15,25H2. The number of hydrogen-bond donors (Lipinski definition) is 1. The average Bonchev–Trinajstić information content (AvgIpc) is 2.90. The van der Waals surface area contributed by atoms with Crippen molar-refractivity contribution in [1.82, 2.24) is 4.90 Å². The van der Waals surface area contributed by atoms with Gasteiger partial charge in [0.25, 0.3) is 0 Å². The highest BCUT2D eigenvalue weighted by Gasteiger charge is 2.30. The molecule has 5 rings (SSSR count). The van der Waals surface area contributed by atoms with E-state index in [2.05, 4.69) is 24.3 Å². The lowest BCUT2D eigenvalue weighted by Gasteiger charge is -2.22. The van der Waals surface area contributed by atoms with Crippen molar-refractivity contribution in [2.45, 2.75) is 12.5 Å². The van der Waals surface area contributed by atoms with Crippen LogP contribution in [0.4, 0.5) is 10.5 Å². The lowest BCUT2D eigenvalue weighted by Crippen LogP contribution is -2.34. The molecule has 0 atom stereocenters. The summed E-state index contributed by atoms with van der Waals surface area (Å²) in [5.74, 6) is 0.783. The Hall–Kier alpha value is -3.47. The predicted octanol–water partition coefficient (Wildman–Crippen LogP) is 4.41. The van der Waals surface area contributed by atoms with Gasteiger partial charge in [0.1, 0.15) is 19.0 Å². The molecule has 0 fully saturated rings. The topological polar surface area (TPSA) is 64.8 Å². The quantitative estimate of drug-likeness (QED) is 0.663. The van der Waals surface area contributed by atoms with E-state index in [0.29, 0.717) is 32.0 Å². The third kappa shape index (κ3) is 3.09. The van der Waals surface area contributed by atoms with E-state index in [-0.39, 0.29) is 12.0 Å². The van der Waals surface area contributed by atoms with Gasteiger partial charge in [0.15, 0.2) is 0 Å². The maximum absolute atomic E-state index is 12.9. The second kappa shape index (κ2) is 7.17. The molecule has 1 aliphatic heterocycles. The highest BCUT2D eigenvalue weighted by Crippen LogP contribution is 2.44. The van der Waals surface area contributed by atoms with Gasteiger partial charge in [-0.1, -0.05) is 54.6 Å². The maximum atomic E-state index is 12.9. The fourth-order valence-corrected chi connectivity index (χ4v) is 4.26. The molecule has 5 heteroatoms. The van der Waals surface area contributed by atoms with Crippen LogP contribution in [0.15, 0.2) is 66.7 Å². The minimum absolute atomic E-state index is 0.0481. The van der Waals surface area contributed by atoms with Crippen LogP contribution in [0.1, 0.15) is 22.6 Å². The number of hydrogen-bond acceptors (Lipinski definition) is 4. The van der Waals surface area contributed by atoms with Crippen molar-refractivity contribution in [2.24, 2.45) is 0 Å². The fraction of sp³-hybridized carbons (Fsp3) is 0.208. The molecule has 5 nitrogen and oxygen atoms in total. The van der Waals surface area contributed by atoms with Crippen LogP contribution in [0.2, 0.25) is 0 Å². The smallest absolute Gasteiger partial charge is 0.410 e. The van der Waals surface area contributed by atoms with E-state index in [9.17, 15) is 4.79 Å². The SMILES string of the molecule is Nc1cccc2c1CN(C(=O)OCC1c3ccccc3-c3ccccc31)CCO2. The van der Waals surface area contributed by atoms with Crippen molar-refractivity contribution in [3.8, 4) is 16.9 Å². The molecule has 0 unspecified atom stereocenters. The Morgan fingerprint density at radius 3 is 2.41 bits per heavy atom. The second-order valence-electron chi connectivity index (χ2n) is 7.40. The van der Waals surface area contributed by atoms with Crippen molar-refractivity contribution < 1.29 is 14.3 Å². The summed E-state index contributed by atoms with van der Waals surface area (Å²) in [4.78, 5) is 14.5. The number of fused-ring (bicyclic) bond motifs is 4. The second-order valence-corrected chi connectivity index (χ2v) is 7.40. The zero-order chi connectivity index (χ0) is 19.8. The number of carbonyl (C=O) groups excluding carboxylic acids is 1. The Morgan fingerprint density at radius 1 is 1.00 bits per heavy atom. The highest BCUT2D eigenvalue weighted by molar-refractivity contribution is 5.79. The lowest BCUT2D eigenvalue weighted by atomic mass is 9.98. The molecule has 0 saturated carbocycles. The number of ether oxygens (including phenoxy) is 2. The van der Waals surface area contributed by atoms with E-state index < -0.39 is 0 Å². The molecule has 1 heterocycles. The van der Waals surface area contributed by atoms with Crippen molar-refractivity contribution in [1.29, 1.82) is 0 Å². The van der Waals surface area contributed by atoms with Gasteiger partial charge < -0.3 is 20.1 Å². The molecule has 2 aliphatic rings. The van der Waals surface area contributed by atoms with E-state index in [0.717, 1.165) is 11.3 Å². The summed E-state index contributed by atoms with van der Waals surface area (Å²) >= 11 is 0. The minimum atomic E-state index is -0.341. The predicted molar refractivity (Wildman–Crippen MR) is 112 cm³/mol. The third-order valence-corrected chi connectivity index (χ3v) is 5.73. The Balaban J connectivity index is 1.34.